The minimum Gasteiger partial charge on any atom is -0.478 e. The zero-order valence-electron chi connectivity index (χ0n) is 8.51. The van der Waals surface area contributed by atoms with Gasteiger partial charge in [-0.15, -0.1) is 11.3 Å². The van der Waals surface area contributed by atoms with Gasteiger partial charge in [-0.1, -0.05) is 0 Å². The van der Waals surface area contributed by atoms with Crippen LogP contribution in [0.25, 0.3) is 10.4 Å². The van der Waals surface area contributed by atoms with E-state index in [0.717, 1.165) is 6.07 Å². The van der Waals surface area contributed by atoms with Gasteiger partial charge in [-0.3, -0.25) is 4.79 Å². The predicted octanol–water partition coefficient (Wildman–Crippen LogP) is 3.06. The molecule has 0 radical (unpaired) electrons. The smallest absolute Gasteiger partial charge is 0.336 e. The maximum atomic E-state index is 13.0. The van der Waals surface area contributed by atoms with E-state index < -0.39 is 11.8 Å². The molecule has 5 heteroatoms. The number of hydrogen-bond acceptors (Lipinski definition) is 3. The molecule has 0 aliphatic carbocycles. The fourth-order valence-electron chi connectivity index (χ4n) is 1.47. The molecule has 17 heavy (non-hydrogen) atoms. The molecule has 0 saturated heterocycles. The largest absolute Gasteiger partial charge is 0.478 e. The van der Waals surface area contributed by atoms with Crippen molar-refractivity contribution in [1.82, 2.24) is 0 Å². The number of aromatic carboxylic acids is 1. The van der Waals surface area contributed by atoms with Crippen molar-refractivity contribution in [2.24, 2.45) is 0 Å². The molecule has 0 aliphatic heterocycles. The molecule has 0 unspecified atom stereocenters. The van der Waals surface area contributed by atoms with Crippen LogP contribution in [-0.4, -0.2) is 17.4 Å². The molecule has 0 atom stereocenters. The second-order valence-electron chi connectivity index (χ2n) is 3.31. The van der Waals surface area contributed by atoms with Gasteiger partial charge in [0.25, 0.3) is 0 Å². The van der Waals surface area contributed by atoms with Gasteiger partial charge in [0.2, 0.25) is 0 Å². The summed E-state index contributed by atoms with van der Waals surface area (Å²) in [6.45, 7) is 0. The molecule has 0 aliphatic rings. The third-order valence-electron chi connectivity index (χ3n) is 2.22. The quantitative estimate of drug-likeness (QED) is 0.852. The molecule has 1 aromatic carbocycles. The average Bonchev–Trinajstić information content (AvgIpc) is 2.77. The lowest BCUT2D eigenvalue weighted by Gasteiger charge is -2.03. The SMILES string of the molecule is O=Cc1ccc(-c2ccc(F)cc2C(=O)O)s1. The molecule has 0 saturated carbocycles. The Hall–Kier alpha value is -2.01. The highest BCUT2D eigenvalue weighted by molar-refractivity contribution is 7.17. The molecule has 0 bridgehead atoms. The number of hydrogen-bond donors (Lipinski definition) is 1. The van der Waals surface area contributed by atoms with Crippen LogP contribution in [0.15, 0.2) is 30.3 Å². The summed E-state index contributed by atoms with van der Waals surface area (Å²) in [4.78, 5) is 22.7. The average molecular weight is 250 g/mol. The molecule has 0 fully saturated rings. The zero-order valence-corrected chi connectivity index (χ0v) is 9.33. The number of carbonyl (C=O) groups is 2. The normalized spacial score (nSPS) is 10.2. The molecule has 3 nitrogen and oxygen atoms in total. The third-order valence-corrected chi connectivity index (χ3v) is 3.26. The maximum absolute atomic E-state index is 13.0. The van der Waals surface area contributed by atoms with Crippen molar-refractivity contribution in [3.8, 4) is 10.4 Å². The van der Waals surface area contributed by atoms with Gasteiger partial charge in [0.05, 0.1) is 10.4 Å². The fourth-order valence-corrected chi connectivity index (χ4v) is 2.33. The van der Waals surface area contributed by atoms with Crippen LogP contribution in [0.2, 0.25) is 0 Å². The lowest BCUT2D eigenvalue weighted by atomic mass is 10.1. The molecule has 0 amide bonds. The van der Waals surface area contributed by atoms with Crippen molar-refractivity contribution in [2.75, 3.05) is 0 Å². The second kappa shape index (κ2) is 4.47. The molecule has 1 N–H and O–H groups in total. The van der Waals surface area contributed by atoms with E-state index in [-0.39, 0.29) is 5.56 Å². The van der Waals surface area contributed by atoms with Crippen molar-refractivity contribution >= 4 is 23.6 Å². The van der Waals surface area contributed by atoms with Crippen LogP contribution in [0.5, 0.6) is 0 Å². The van der Waals surface area contributed by atoms with E-state index in [1.54, 1.807) is 12.1 Å². The zero-order chi connectivity index (χ0) is 12.4. The molecule has 86 valence electrons. The minimum absolute atomic E-state index is 0.107. The molecule has 2 rings (SSSR count). The first kappa shape index (κ1) is 11.5. The molecular weight excluding hydrogens is 243 g/mol. The lowest BCUT2D eigenvalue weighted by molar-refractivity contribution is 0.0697. The van der Waals surface area contributed by atoms with Crippen LogP contribution < -0.4 is 0 Å². The van der Waals surface area contributed by atoms with Crippen molar-refractivity contribution in [3.63, 3.8) is 0 Å². The maximum Gasteiger partial charge on any atom is 0.336 e. The third kappa shape index (κ3) is 2.24. The number of carbonyl (C=O) groups excluding carboxylic acids is 1. The Balaban J connectivity index is 2.58. The number of benzene rings is 1. The van der Waals surface area contributed by atoms with Gasteiger partial charge in [0.1, 0.15) is 5.82 Å². The molecule has 0 spiro atoms. The molecule has 2 aromatic rings. The van der Waals surface area contributed by atoms with E-state index in [4.69, 9.17) is 5.11 Å². The Kier molecular flexibility index (Phi) is 3.01. The first-order valence-corrected chi connectivity index (χ1v) is 5.51. The van der Waals surface area contributed by atoms with E-state index >= 15 is 0 Å². The molecule has 1 heterocycles. The van der Waals surface area contributed by atoms with Gasteiger partial charge in [-0.25, -0.2) is 9.18 Å². The highest BCUT2D eigenvalue weighted by atomic mass is 32.1. The van der Waals surface area contributed by atoms with E-state index in [1.807, 2.05) is 0 Å². The summed E-state index contributed by atoms with van der Waals surface area (Å²) in [6.07, 6.45) is 0.693. The van der Waals surface area contributed by atoms with Gasteiger partial charge in [-0.05, 0) is 30.3 Å². The Morgan fingerprint density at radius 3 is 2.65 bits per heavy atom. The number of halogens is 1. The van der Waals surface area contributed by atoms with Crippen LogP contribution in [0.4, 0.5) is 4.39 Å². The number of carboxylic acid groups (broad SMARTS) is 1. The molecular formula is C12H7FO3S. The topological polar surface area (TPSA) is 54.4 Å². The highest BCUT2D eigenvalue weighted by Gasteiger charge is 2.14. The number of carboxylic acids is 1. The van der Waals surface area contributed by atoms with Gasteiger partial charge >= 0.3 is 5.97 Å². The van der Waals surface area contributed by atoms with Gasteiger partial charge in [0, 0.05) is 10.4 Å². The van der Waals surface area contributed by atoms with E-state index in [2.05, 4.69) is 0 Å². The number of thiophene rings is 1. The standard InChI is InChI=1S/C12H7FO3S/c13-7-1-3-9(10(5-7)12(15)16)11-4-2-8(6-14)17-11/h1-6H,(H,15,16). The fraction of sp³-hybridized carbons (Fsp3) is 0. The Morgan fingerprint density at radius 1 is 1.29 bits per heavy atom. The minimum atomic E-state index is -1.19. The number of rotatable bonds is 3. The van der Waals surface area contributed by atoms with Gasteiger partial charge < -0.3 is 5.11 Å². The van der Waals surface area contributed by atoms with E-state index in [0.29, 0.717) is 21.6 Å². The van der Waals surface area contributed by atoms with Crippen molar-refractivity contribution in [3.05, 3.63) is 46.6 Å². The highest BCUT2D eigenvalue weighted by Crippen LogP contribution is 2.30. The Labute approximate surface area is 100 Å². The summed E-state index contributed by atoms with van der Waals surface area (Å²) in [5, 5.41) is 8.98. The Morgan fingerprint density at radius 2 is 2.06 bits per heavy atom. The number of aldehydes is 1. The summed E-state index contributed by atoms with van der Waals surface area (Å²) in [7, 11) is 0. The van der Waals surface area contributed by atoms with E-state index in [9.17, 15) is 14.0 Å². The van der Waals surface area contributed by atoms with Crippen LogP contribution in [0.1, 0.15) is 20.0 Å². The Bertz CT molecular complexity index is 589. The monoisotopic (exact) mass is 250 g/mol. The summed E-state index contributed by atoms with van der Waals surface area (Å²) in [5.41, 5.74) is 0.307. The summed E-state index contributed by atoms with van der Waals surface area (Å²) >= 11 is 1.17. The van der Waals surface area contributed by atoms with Crippen LogP contribution in [0.3, 0.4) is 0 Å². The van der Waals surface area contributed by atoms with E-state index in [1.165, 1.54) is 23.5 Å². The molecule has 1 aromatic heterocycles. The first-order chi connectivity index (χ1) is 8.11. The van der Waals surface area contributed by atoms with Crippen LogP contribution in [0, 0.1) is 5.82 Å². The summed E-state index contributed by atoms with van der Waals surface area (Å²) in [5.74, 6) is -1.79. The first-order valence-electron chi connectivity index (χ1n) is 4.70. The van der Waals surface area contributed by atoms with Crippen molar-refractivity contribution < 1.29 is 19.1 Å². The predicted molar refractivity (Wildman–Crippen MR) is 62.1 cm³/mol. The van der Waals surface area contributed by atoms with Gasteiger partial charge in [-0.2, -0.15) is 0 Å². The van der Waals surface area contributed by atoms with Crippen LogP contribution in [-0.2, 0) is 0 Å². The van der Waals surface area contributed by atoms with Gasteiger partial charge in [0.15, 0.2) is 6.29 Å². The van der Waals surface area contributed by atoms with Crippen molar-refractivity contribution in [2.45, 2.75) is 0 Å². The lowest BCUT2D eigenvalue weighted by Crippen LogP contribution is -1.99. The van der Waals surface area contributed by atoms with Crippen LogP contribution >= 0.6 is 11.3 Å². The summed E-state index contributed by atoms with van der Waals surface area (Å²) < 4.78 is 13.0. The van der Waals surface area contributed by atoms with Crippen molar-refractivity contribution in [1.29, 1.82) is 0 Å². The summed E-state index contributed by atoms with van der Waals surface area (Å²) in [6, 6.07) is 6.81. The second-order valence-corrected chi connectivity index (χ2v) is 4.43.